The van der Waals surface area contributed by atoms with Crippen molar-refractivity contribution in [3.05, 3.63) is 44.3 Å². The van der Waals surface area contributed by atoms with E-state index in [2.05, 4.69) is 0 Å². The Bertz CT molecular complexity index is 747. The Balaban J connectivity index is 2.98. The van der Waals surface area contributed by atoms with Gasteiger partial charge in [-0.1, -0.05) is 0 Å². The Morgan fingerprint density at radius 3 is 2.68 bits per heavy atom. The molecule has 98 valence electrons. The van der Waals surface area contributed by atoms with Crippen LogP contribution in [-0.2, 0) is 0 Å². The zero-order chi connectivity index (χ0) is 14.2. The molecule has 0 amide bonds. The summed E-state index contributed by atoms with van der Waals surface area (Å²) in [7, 11) is 1.27. The van der Waals surface area contributed by atoms with E-state index in [9.17, 15) is 19.7 Å². The highest BCUT2D eigenvalue weighted by molar-refractivity contribution is 5.93. The number of rotatable bonds is 3. The second-order valence-corrected chi connectivity index (χ2v) is 3.53. The van der Waals surface area contributed by atoms with Gasteiger partial charge in [0.25, 0.3) is 5.69 Å². The van der Waals surface area contributed by atoms with Crippen molar-refractivity contribution in [1.82, 2.24) is 0 Å². The van der Waals surface area contributed by atoms with Gasteiger partial charge in [-0.3, -0.25) is 14.9 Å². The van der Waals surface area contributed by atoms with Gasteiger partial charge in [0.15, 0.2) is 11.3 Å². The maximum absolute atomic E-state index is 11.8. The van der Waals surface area contributed by atoms with Crippen molar-refractivity contribution in [2.75, 3.05) is 7.11 Å². The minimum absolute atomic E-state index is 0.0424. The van der Waals surface area contributed by atoms with Gasteiger partial charge in [0.1, 0.15) is 5.39 Å². The third kappa shape index (κ3) is 1.99. The number of carbonyl (C=O) groups is 1. The third-order valence-corrected chi connectivity index (χ3v) is 2.45. The molecule has 19 heavy (non-hydrogen) atoms. The van der Waals surface area contributed by atoms with Crippen molar-refractivity contribution in [2.24, 2.45) is 0 Å². The first-order valence-corrected chi connectivity index (χ1v) is 4.98. The van der Waals surface area contributed by atoms with Crippen LogP contribution in [-0.4, -0.2) is 23.1 Å². The molecule has 0 saturated heterocycles. The second-order valence-electron chi connectivity index (χ2n) is 3.53. The van der Waals surface area contributed by atoms with E-state index in [1.807, 2.05) is 0 Å². The molecule has 0 aliphatic rings. The van der Waals surface area contributed by atoms with Crippen molar-refractivity contribution in [3.63, 3.8) is 0 Å². The van der Waals surface area contributed by atoms with Crippen LogP contribution in [0.4, 0.5) is 5.69 Å². The zero-order valence-corrected chi connectivity index (χ0v) is 9.58. The number of aromatic carboxylic acids is 1. The van der Waals surface area contributed by atoms with E-state index >= 15 is 0 Å². The SMILES string of the molecule is COc1ccc([N+](=O)[O-])c2c(=O)cc(C(=O)O)oc12. The second kappa shape index (κ2) is 4.41. The van der Waals surface area contributed by atoms with E-state index < -0.39 is 27.8 Å². The maximum atomic E-state index is 11.8. The Morgan fingerprint density at radius 1 is 1.47 bits per heavy atom. The first-order chi connectivity index (χ1) is 8.95. The molecule has 0 radical (unpaired) electrons. The van der Waals surface area contributed by atoms with Crippen LogP contribution in [0, 0.1) is 10.1 Å². The number of nitro groups is 1. The van der Waals surface area contributed by atoms with Crippen molar-refractivity contribution >= 4 is 22.6 Å². The van der Waals surface area contributed by atoms with Crippen LogP contribution < -0.4 is 10.2 Å². The van der Waals surface area contributed by atoms with Crippen molar-refractivity contribution in [3.8, 4) is 5.75 Å². The third-order valence-electron chi connectivity index (χ3n) is 2.45. The standard InChI is InChI=1S/C11H7NO7/c1-18-7-3-2-5(12(16)17)9-6(13)4-8(11(14)15)19-10(7)9/h2-4H,1H3,(H,14,15). The number of carboxylic acid groups (broad SMARTS) is 1. The molecule has 1 aromatic heterocycles. The lowest BCUT2D eigenvalue weighted by Crippen LogP contribution is -2.09. The van der Waals surface area contributed by atoms with E-state index in [4.69, 9.17) is 14.3 Å². The number of fused-ring (bicyclic) bond motifs is 1. The molecule has 0 aliphatic carbocycles. The van der Waals surface area contributed by atoms with Crippen molar-refractivity contribution < 1.29 is 24.0 Å². The first-order valence-electron chi connectivity index (χ1n) is 4.98. The average Bonchev–Trinajstić information content (AvgIpc) is 2.36. The van der Waals surface area contributed by atoms with Crippen LogP contribution in [0.15, 0.2) is 27.4 Å². The van der Waals surface area contributed by atoms with Gasteiger partial charge in [0, 0.05) is 12.1 Å². The number of methoxy groups -OCH3 is 1. The van der Waals surface area contributed by atoms with Crippen LogP contribution in [0.2, 0.25) is 0 Å². The van der Waals surface area contributed by atoms with Gasteiger partial charge in [-0.2, -0.15) is 0 Å². The number of hydrogen-bond donors (Lipinski definition) is 1. The molecule has 1 heterocycles. The summed E-state index contributed by atoms with van der Waals surface area (Å²) in [6.07, 6.45) is 0. The molecule has 0 spiro atoms. The summed E-state index contributed by atoms with van der Waals surface area (Å²) in [6.45, 7) is 0. The van der Waals surface area contributed by atoms with Crippen LogP contribution in [0.3, 0.4) is 0 Å². The Labute approximate surface area is 105 Å². The summed E-state index contributed by atoms with van der Waals surface area (Å²) in [5, 5.41) is 19.3. The molecule has 2 rings (SSSR count). The molecule has 2 aromatic rings. The lowest BCUT2D eigenvalue weighted by Gasteiger charge is -2.05. The van der Waals surface area contributed by atoms with E-state index in [0.29, 0.717) is 6.07 Å². The summed E-state index contributed by atoms with van der Waals surface area (Å²) in [5.41, 5.74) is -1.55. The number of nitrogens with zero attached hydrogens (tertiary/aromatic N) is 1. The summed E-state index contributed by atoms with van der Waals surface area (Å²) in [6, 6.07) is 3.02. The fourth-order valence-corrected chi connectivity index (χ4v) is 1.64. The molecule has 8 heteroatoms. The number of benzene rings is 1. The number of nitro benzene ring substituents is 1. The van der Waals surface area contributed by atoms with Crippen LogP contribution in [0.5, 0.6) is 5.75 Å². The van der Waals surface area contributed by atoms with Crippen LogP contribution in [0.1, 0.15) is 10.6 Å². The monoisotopic (exact) mass is 265 g/mol. The highest BCUT2D eigenvalue weighted by atomic mass is 16.6. The predicted molar refractivity (Wildman–Crippen MR) is 62.6 cm³/mol. The molecule has 0 fully saturated rings. The minimum atomic E-state index is -1.45. The maximum Gasteiger partial charge on any atom is 0.371 e. The summed E-state index contributed by atoms with van der Waals surface area (Å²) < 4.78 is 9.89. The van der Waals surface area contributed by atoms with Gasteiger partial charge in [-0.25, -0.2) is 4.79 Å². The van der Waals surface area contributed by atoms with Crippen molar-refractivity contribution in [2.45, 2.75) is 0 Å². The molecule has 8 nitrogen and oxygen atoms in total. The largest absolute Gasteiger partial charge is 0.493 e. The summed E-state index contributed by atoms with van der Waals surface area (Å²) in [5.74, 6) is -2.02. The predicted octanol–water partition coefficient (Wildman–Crippen LogP) is 1.41. The summed E-state index contributed by atoms with van der Waals surface area (Å²) >= 11 is 0. The quantitative estimate of drug-likeness (QED) is 0.657. The first kappa shape index (κ1) is 12.6. The lowest BCUT2D eigenvalue weighted by atomic mass is 10.1. The minimum Gasteiger partial charge on any atom is -0.493 e. The van der Waals surface area contributed by atoms with Crippen LogP contribution in [0.25, 0.3) is 11.0 Å². The number of carboxylic acids is 1. The van der Waals surface area contributed by atoms with Gasteiger partial charge in [0.2, 0.25) is 11.2 Å². The molecule has 0 aliphatic heterocycles. The molecule has 1 aromatic carbocycles. The lowest BCUT2D eigenvalue weighted by molar-refractivity contribution is -0.383. The average molecular weight is 265 g/mol. The molecular formula is C11H7NO7. The van der Waals surface area contributed by atoms with Gasteiger partial charge in [-0.15, -0.1) is 0 Å². The zero-order valence-electron chi connectivity index (χ0n) is 9.58. The molecule has 1 N–H and O–H groups in total. The highest BCUT2D eigenvalue weighted by Crippen LogP contribution is 2.31. The highest BCUT2D eigenvalue weighted by Gasteiger charge is 2.22. The topological polar surface area (TPSA) is 120 Å². The Hall–Kier alpha value is -2.90. The molecule has 0 atom stereocenters. The fourth-order valence-electron chi connectivity index (χ4n) is 1.64. The van der Waals surface area contributed by atoms with Gasteiger partial charge >= 0.3 is 5.97 Å². The van der Waals surface area contributed by atoms with E-state index in [1.54, 1.807) is 0 Å². The van der Waals surface area contributed by atoms with Crippen LogP contribution >= 0.6 is 0 Å². The van der Waals surface area contributed by atoms with E-state index in [0.717, 1.165) is 6.07 Å². The van der Waals surface area contributed by atoms with Gasteiger partial charge in [-0.05, 0) is 6.07 Å². The van der Waals surface area contributed by atoms with Gasteiger partial charge in [0.05, 0.1) is 12.0 Å². The number of ether oxygens (including phenoxy) is 1. The molecule has 0 unspecified atom stereocenters. The van der Waals surface area contributed by atoms with E-state index in [-0.39, 0.29) is 16.7 Å². The summed E-state index contributed by atoms with van der Waals surface area (Å²) in [4.78, 5) is 32.7. The molecular weight excluding hydrogens is 258 g/mol. The normalized spacial score (nSPS) is 10.4. The van der Waals surface area contributed by atoms with E-state index in [1.165, 1.54) is 13.2 Å². The molecule has 0 saturated carbocycles. The smallest absolute Gasteiger partial charge is 0.371 e. The Morgan fingerprint density at radius 2 is 2.16 bits per heavy atom. The van der Waals surface area contributed by atoms with Crippen molar-refractivity contribution in [1.29, 1.82) is 0 Å². The number of hydrogen-bond acceptors (Lipinski definition) is 6. The Kier molecular flexibility index (Phi) is 2.91. The number of non-ortho nitro benzene ring substituents is 1. The van der Waals surface area contributed by atoms with Gasteiger partial charge < -0.3 is 14.3 Å². The fraction of sp³-hybridized carbons (Fsp3) is 0.0909. The molecule has 0 bridgehead atoms.